The SMILES string of the molecule is CC(=O)N(C(=O)CCc1ccc(C(C)(C)C)cc1)c1cc(Br)cc2c1NCC2. The maximum absolute atomic E-state index is 13.0. The first-order valence-electron chi connectivity index (χ1n) is 9.66. The van der Waals surface area contributed by atoms with Crippen molar-refractivity contribution in [3.8, 4) is 0 Å². The maximum Gasteiger partial charge on any atom is 0.234 e. The van der Waals surface area contributed by atoms with Gasteiger partial charge in [0.15, 0.2) is 0 Å². The lowest BCUT2D eigenvalue weighted by atomic mass is 9.86. The Bertz CT molecular complexity index is 898. The molecule has 2 aromatic carbocycles. The van der Waals surface area contributed by atoms with Crippen LogP contribution in [0, 0.1) is 0 Å². The third kappa shape index (κ3) is 4.46. The molecular formula is C23H27BrN2O2. The number of carbonyl (C=O) groups is 2. The second-order valence-corrected chi connectivity index (χ2v) is 9.25. The van der Waals surface area contributed by atoms with Crippen molar-refractivity contribution in [2.24, 2.45) is 0 Å². The van der Waals surface area contributed by atoms with Crippen molar-refractivity contribution in [1.82, 2.24) is 0 Å². The van der Waals surface area contributed by atoms with E-state index in [1.807, 2.05) is 12.1 Å². The van der Waals surface area contributed by atoms with Crippen molar-refractivity contribution in [2.45, 2.75) is 52.4 Å². The third-order valence-corrected chi connectivity index (χ3v) is 5.57. The molecule has 0 spiro atoms. The molecule has 0 saturated heterocycles. The summed E-state index contributed by atoms with van der Waals surface area (Å²) >= 11 is 3.50. The number of aryl methyl sites for hydroxylation is 1. The number of rotatable bonds is 4. The summed E-state index contributed by atoms with van der Waals surface area (Å²) in [5.74, 6) is -0.441. The second kappa shape index (κ2) is 8.08. The first-order chi connectivity index (χ1) is 13.2. The molecule has 0 aliphatic carbocycles. The van der Waals surface area contributed by atoms with Crippen molar-refractivity contribution < 1.29 is 9.59 Å². The average molecular weight is 443 g/mol. The molecule has 28 heavy (non-hydrogen) atoms. The molecule has 0 atom stereocenters. The van der Waals surface area contributed by atoms with Crippen LogP contribution in [0.2, 0.25) is 0 Å². The summed E-state index contributed by atoms with van der Waals surface area (Å²) in [5, 5.41) is 3.31. The Labute approximate surface area is 175 Å². The Kier molecular flexibility index (Phi) is 5.94. The standard InChI is InChI=1S/C23H27BrN2O2/c1-15(27)26(20-14-19(24)13-17-11-12-25-22(17)20)21(28)10-7-16-5-8-18(9-6-16)23(2,3)4/h5-6,8-9,13-14,25H,7,10-12H2,1-4H3. The van der Waals surface area contributed by atoms with Gasteiger partial charge in [0.1, 0.15) is 0 Å². The number of benzene rings is 2. The normalized spacial score (nSPS) is 13.0. The summed E-state index contributed by atoms with van der Waals surface area (Å²) in [7, 11) is 0. The molecule has 1 aliphatic rings. The third-order valence-electron chi connectivity index (χ3n) is 5.11. The van der Waals surface area contributed by atoms with Crippen LogP contribution in [0.1, 0.15) is 50.8 Å². The molecule has 0 radical (unpaired) electrons. The number of hydrogen-bond donors (Lipinski definition) is 1. The molecule has 1 N–H and O–H groups in total. The number of amides is 2. The highest BCUT2D eigenvalue weighted by atomic mass is 79.9. The number of imide groups is 1. The van der Waals surface area contributed by atoms with Crippen molar-refractivity contribution in [1.29, 1.82) is 0 Å². The largest absolute Gasteiger partial charge is 0.383 e. The fraction of sp³-hybridized carbons (Fsp3) is 0.391. The Hall–Kier alpha value is -2.14. The van der Waals surface area contributed by atoms with Crippen molar-refractivity contribution in [3.05, 3.63) is 57.6 Å². The second-order valence-electron chi connectivity index (χ2n) is 8.33. The smallest absolute Gasteiger partial charge is 0.234 e. The lowest BCUT2D eigenvalue weighted by Crippen LogP contribution is -2.35. The van der Waals surface area contributed by atoms with E-state index >= 15 is 0 Å². The topological polar surface area (TPSA) is 49.4 Å². The average Bonchev–Trinajstić information content (AvgIpc) is 3.07. The molecule has 1 heterocycles. The zero-order valence-corrected chi connectivity index (χ0v) is 18.5. The van der Waals surface area contributed by atoms with Crippen molar-refractivity contribution >= 4 is 39.1 Å². The molecule has 1 aliphatic heterocycles. The molecule has 5 heteroatoms. The van der Waals surface area contributed by atoms with Crippen LogP contribution in [-0.2, 0) is 27.8 Å². The first-order valence-corrected chi connectivity index (χ1v) is 10.5. The van der Waals surface area contributed by atoms with Gasteiger partial charge in [-0.3, -0.25) is 9.59 Å². The Morgan fingerprint density at radius 2 is 1.82 bits per heavy atom. The maximum atomic E-state index is 13.0. The molecule has 0 unspecified atom stereocenters. The summed E-state index contributed by atoms with van der Waals surface area (Å²) in [5.41, 5.74) is 5.13. The Morgan fingerprint density at radius 3 is 2.43 bits per heavy atom. The van der Waals surface area contributed by atoms with E-state index in [0.717, 1.165) is 34.3 Å². The number of anilines is 2. The predicted octanol–water partition coefficient (Wildman–Crippen LogP) is 5.23. The summed E-state index contributed by atoms with van der Waals surface area (Å²) in [4.78, 5) is 26.6. The molecule has 0 aromatic heterocycles. The zero-order chi connectivity index (χ0) is 20.5. The van der Waals surface area contributed by atoms with E-state index in [9.17, 15) is 9.59 Å². The van der Waals surface area contributed by atoms with Gasteiger partial charge in [0.2, 0.25) is 11.8 Å². The molecule has 0 saturated carbocycles. The van der Waals surface area contributed by atoms with E-state index in [1.54, 1.807) is 0 Å². The number of fused-ring (bicyclic) bond motifs is 1. The Balaban J connectivity index is 1.77. The summed E-state index contributed by atoms with van der Waals surface area (Å²) < 4.78 is 0.877. The zero-order valence-electron chi connectivity index (χ0n) is 16.9. The van der Waals surface area contributed by atoms with E-state index in [-0.39, 0.29) is 23.7 Å². The summed E-state index contributed by atoms with van der Waals surface area (Å²) in [6.45, 7) is 8.80. The van der Waals surface area contributed by atoms with E-state index < -0.39 is 0 Å². The number of nitrogens with zero attached hydrogens (tertiary/aromatic N) is 1. The Morgan fingerprint density at radius 1 is 1.14 bits per heavy atom. The highest BCUT2D eigenvalue weighted by molar-refractivity contribution is 9.10. The minimum atomic E-state index is -0.262. The fourth-order valence-electron chi connectivity index (χ4n) is 3.56. The van der Waals surface area contributed by atoms with Gasteiger partial charge in [0.25, 0.3) is 0 Å². The van der Waals surface area contributed by atoms with Gasteiger partial charge in [-0.1, -0.05) is 61.0 Å². The van der Waals surface area contributed by atoms with Crippen LogP contribution in [0.25, 0.3) is 0 Å². The van der Waals surface area contributed by atoms with Gasteiger partial charge in [-0.15, -0.1) is 0 Å². The van der Waals surface area contributed by atoms with Gasteiger partial charge in [0, 0.05) is 24.4 Å². The predicted molar refractivity (Wildman–Crippen MR) is 118 cm³/mol. The molecule has 0 fully saturated rings. The van der Waals surface area contributed by atoms with Gasteiger partial charge in [-0.2, -0.15) is 0 Å². The number of hydrogen-bond acceptors (Lipinski definition) is 3. The molecular weight excluding hydrogens is 416 g/mol. The quantitative estimate of drug-likeness (QED) is 0.705. The van der Waals surface area contributed by atoms with Crippen LogP contribution in [0.4, 0.5) is 11.4 Å². The van der Waals surface area contributed by atoms with E-state index in [4.69, 9.17) is 0 Å². The molecule has 3 rings (SSSR count). The number of nitrogens with one attached hydrogen (secondary N) is 1. The van der Waals surface area contributed by atoms with Crippen molar-refractivity contribution in [3.63, 3.8) is 0 Å². The van der Waals surface area contributed by atoms with Crippen molar-refractivity contribution in [2.75, 3.05) is 16.8 Å². The molecule has 4 nitrogen and oxygen atoms in total. The molecule has 2 amide bonds. The molecule has 2 aromatic rings. The van der Waals surface area contributed by atoms with Crippen LogP contribution < -0.4 is 10.2 Å². The van der Waals surface area contributed by atoms with E-state index in [2.05, 4.69) is 66.3 Å². The monoisotopic (exact) mass is 442 g/mol. The van der Waals surface area contributed by atoms with Gasteiger partial charge >= 0.3 is 0 Å². The van der Waals surface area contributed by atoms with Crippen LogP contribution in [0.3, 0.4) is 0 Å². The number of halogens is 1. The van der Waals surface area contributed by atoms with Crippen LogP contribution in [-0.4, -0.2) is 18.4 Å². The summed E-state index contributed by atoms with van der Waals surface area (Å²) in [6, 6.07) is 12.3. The first kappa shape index (κ1) is 20.6. The lowest BCUT2D eigenvalue weighted by molar-refractivity contribution is -0.125. The van der Waals surface area contributed by atoms with E-state index in [1.165, 1.54) is 17.4 Å². The van der Waals surface area contributed by atoms with Crippen LogP contribution in [0.15, 0.2) is 40.9 Å². The van der Waals surface area contributed by atoms with Crippen LogP contribution >= 0.6 is 15.9 Å². The van der Waals surface area contributed by atoms with Gasteiger partial charge in [-0.05, 0) is 47.1 Å². The molecule has 148 valence electrons. The van der Waals surface area contributed by atoms with Crippen LogP contribution in [0.5, 0.6) is 0 Å². The summed E-state index contributed by atoms with van der Waals surface area (Å²) in [6.07, 6.45) is 1.79. The van der Waals surface area contributed by atoms with Gasteiger partial charge < -0.3 is 5.32 Å². The van der Waals surface area contributed by atoms with E-state index in [0.29, 0.717) is 12.1 Å². The minimum Gasteiger partial charge on any atom is -0.383 e. The van der Waals surface area contributed by atoms with Gasteiger partial charge in [-0.25, -0.2) is 4.90 Å². The lowest BCUT2D eigenvalue weighted by Gasteiger charge is -2.23. The fourth-order valence-corrected chi connectivity index (χ4v) is 4.05. The highest BCUT2D eigenvalue weighted by Gasteiger charge is 2.26. The molecule has 0 bridgehead atoms. The minimum absolute atomic E-state index is 0.105. The van der Waals surface area contributed by atoms with Gasteiger partial charge in [0.05, 0.1) is 11.4 Å². The number of carbonyl (C=O) groups excluding carboxylic acids is 2. The highest BCUT2D eigenvalue weighted by Crippen LogP contribution is 2.37.